The lowest BCUT2D eigenvalue weighted by Gasteiger charge is -2.28. The zero-order chi connectivity index (χ0) is 29.8. The van der Waals surface area contributed by atoms with Crippen molar-refractivity contribution in [2.24, 2.45) is 0 Å². The number of benzene rings is 2. The number of para-hydroxylation sites is 3. The van der Waals surface area contributed by atoms with Crippen LogP contribution in [0, 0.1) is 13.8 Å². The average molecular weight is 584 g/mol. The van der Waals surface area contributed by atoms with Crippen LogP contribution in [0.2, 0.25) is 0 Å². The number of nitrogens with zero attached hydrogens (tertiary/aromatic N) is 3. The predicted molar refractivity (Wildman–Crippen MR) is 165 cm³/mol. The number of aromatic nitrogens is 2. The second-order valence-corrected chi connectivity index (χ2v) is 10.4. The molecule has 0 unspecified atom stereocenters. The summed E-state index contributed by atoms with van der Waals surface area (Å²) in [6.07, 6.45) is 1.96. The van der Waals surface area contributed by atoms with E-state index in [4.69, 9.17) is 21.7 Å². The van der Waals surface area contributed by atoms with Crippen LogP contribution in [0.1, 0.15) is 51.5 Å². The van der Waals surface area contributed by atoms with E-state index in [1.807, 2.05) is 62.4 Å². The van der Waals surface area contributed by atoms with Crippen molar-refractivity contribution in [3.05, 3.63) is 107 Å². The van der Waals surface area contributed by atoms with E-state index >= 15 is 0 Å². The lowest BCUT2D eigenvalue weighted by atomic mass is 9.96. The van der Waals surface area contributed by atoms with Gasteiger partial charge in [0.25, 0.3) is 0 Å². The quantitative estimate of drug-likeness (QED) is 0.203. The van der Waals surface area contributed by atoms with Crippen LogP contribution in [0.4, 0.5) is 5.69 Å². The van der Waals surface area contributed by atoms with E-state index in [1.54, 1.807) is 31.5 Å². The van der Waals surface area contributed by atoms with Gasteiger partial charge in [-0.25, -0.2) is 4.79 Å². The molecule has 5 rings (SSSR count). The number of hydrogen-bond donors (Lipinski definition) is 2. The first kappa shape index (κ1) is 28.8. The van der Waals surface area contributed by atoms with Gasteiger partial charge in [0.1, 0.15) is 5.75 Å². The first-order valence-corrected chi connectivity index (χ1v) is 14.0. The van der Waals surface area contributed by atoms with E-state index in [0.717, 1.165) is 28.3 Å². The predicted octanol–water partition coefficient (Wildman–Crippen LogP) is 5.29. The van der Waals surface area contributed by atoms with Gasteiger partial charge in [-0.1, -0.05) is 30.3 Å². The number of thiocarbonyl (C=S) groups is 1. The number of nitrogens with one attached hydrogen (secondary N) is 2. The van der Waals surface area contributed by atoms with Crippen LogP contribution < -0.4 is 15.4 Å². The highest BCUT2D eigenvalue weighted by Gasteiger charge is 2.41. The maximum atomic E-state index is 13.1. The van der Waals surface area contributed by atoms with Gasteiger partial charge in [0, 0.05) is 30.6 Å². The van der Waals surface area contributed by atoms with Crippen molar-refractivity contribution in [3.8, 4) is 11.4 Å². The van der Waals surface area contributed by atoms with E-state index in [0.29, 0.717) is 28.7 Å². The summed E-state index contributed by atoms with van der Waals surface area (Å²) in [5.74, 6) is 0.0363. The molecule has 4 aromatic rings. The molecule has 0 aliphatic carbocycles. The van der Waals surface area contributed by atoms with Crippen LogP contribution in [0.15, 0.2) is 79.0 Å². The molecule has 10 heteroatoms. The third-order valence-corrected chi connectivity index (χ3v) is 7.85. The van der Waals surface area contributed by atoms with Gasteiger partial charge >= 0.3 is 5.97 Å². The Morgan fingerprint density at radius 3 is 2.50 bits per heavy atom. The molecule has 0 bridgehead atoms. The number of amides is 1. The molecular weight excluding hydrogens is 550 g/mol. The number of anilines is 1. The second kappa shape index (κ2) is 12.4. The molecule has 2 N–H and O–H groups in total. The van der Waals surface area contributed by atoms with Crippen LogP contribution in [-0.4, -0.2) is 52.2 Å². The Kier molecular flexibility index (Phi) is 8.53. The molecule has 1 aliphatic heterocycles. The van der Waals surface area contributed by atoms with Crippen molar-refractivity contribution in [1.82, 2.24) is 19.8 Å². The summed E-state index contributed by atoms with van der Waals surface area (Å²) in [5, 5.41) is 6.95. The summed E-state index contributed by atoms with van der Waals surface area (Å²) in [4.78, 5) is 32.4. The Labute approximate surface area is 250 Å². The Morgan fingerprint density at radius 2 is 1.76 bits per heavy atom. The molecule has 42 heavy (non-hydrogen) atoms. The molecule has 1 fully saturated rings. The number of hydrogen-bond acceptors (Lipinski definition) is 6. The topological polar surface area (TPSA) is 97.7 Å². The summed E-state index contributed by atoms with van der Waals surface area (Å²) >= 11 is 5.83. The Morgan fingerprint density at radius 1 is 1.02 bits per heavy atom. The van der Waals surface area contributed by atoms with E-state index in [1.165, 1.54) is 7.11 Å². The number of rotatable bonds is 9. The molecule has 2 atom stereocenters. The highest BCUT2D eigenvalue weighted by atomic mass is 32.1. The lowest BCUT2D eigenvalue weighted by Crippen LogP contribution is -2.33. The van der Waals surface area contributed by atoms with E-state index in [-0.39, 0.29) is 24.4 Å². The molecule has 0 spiro atoms. The van der Waals surface area contributed by atoms with Gasteiger partial charge in [-0.15, -0.1) is 0 Å². The number of ether oxygens (including phenoxy) is 2. The fourth-order valence-corrected chi connectivity index (χ4v) is 5.91. The molecule has 216 valence electrons. The van der Waals surface area contributed by atoms with Gasteiger partial charge < -0.3 is 29.6 Å². The Hall–Kier alpha value is -4.70. The van der Waals surface area contributed by atoms with Gasteiger partial charge in [-0.2, -0.15) is 0 Å². The molecule has 2 aromatic carbocycles. The first-order valence-electron chi connectivity index (χ1n) is 13.6. The summed E-state index contributed by atoms with van der Waals surface area (Å²) in [6, 6.07) is 22.1. The molecule has 0 radical (unpaired) electrons. The summed E-state index contributed by atoms with van der Waals surface area (Å²) in [5.41, 5.74) is 5.57. The van der Waals surface area contributed by atoms with Crippen molar-refractivity contribution in [1.29, 1.82) is 0 Å². The summed E-state index contributed by atoms with van der Waals surface area (Å²) in [7, 11) is 2.95. The van der Waals surface area contributed by atoms with Gasteiger partial charge in [0.05, 0.1) is 48.9 Å². The molecular formula is C32H33N5O4S. The van der Waals surface area contributed by atoms with Crippen molar-refractivity contribution < 1.29 is 19.1 Å². The van der Waals surface area contributed by atoms with Gasteiger partial charge in [0.2, 0.25) is 5.91 Å². The maximum absolute atomic E-state index is 13.1. The minimum Gasteiger partial charge on any atom is -0.495 e. The number of pyridine rings is 1. The number of carbonyl (C=O) groups is 2. The average Bonchev–Trinajstić information content (AvgIpc) is 3.50. The number of aryl methyl sites for hydroxylation is 1. The number of carbonyl (C=O) groups excluding carboxylic acids is 2. The molecule has 2 aromatic heterocycles. The third kappa shape index (κ3) is 5.58. The highest BCUT2D eigenvalue weighted by Crippen LogP contribution is 2.41. The van der Waals surface area contributed by atoms with Crippen molar-refractivity contribution in [2.45, 2.75) is 32.4 Å². The maximum Gasteiger partial charge on any atom is 0.339 e. The minimum atomic E-state index is -0.405. The lowest BCUT2D eigenvalue weighted by molar-refractivity contribution is -0.116. The van der Waals surface area contributed by atoms with Gasteiger partial charge in [-0.05, 0) is 74.1 Å². The van der Waals surface area contributed by atoms with Crippen LogP contribution in [0.5, 0.6) is 5.75 Å². The van der Waals surface area contributed by atoms with E-state index < -0.39 is 5.97 Å². The third-order valence-electron chi connectivity index (χ3n) is 7.50. The normalized spacial score (nSPS) is 16.2. The smallest absolute Gasteiger partial charge is 0.339 e. The van der Waals surface area contributed by atoms with Gasteiger partial charge in [0.15, 0.2) is 5.11 Å². The second-order valence-electron chi connectivity index (χ2n) is 9.99. The molecule has 1 amide bonds. The zero-order valence-corrected chi connectivity index (χ0v) is 24.8. The Balaban J connectivity index is 1.50. The standard InChI is InChI=1S/C32H33N5O4S/c1-20-19-23(21(2)37(20)26-14-7-5-11-22(26)31(39)41-4)30-29(25-13-9-10-17-33-25)35-32(42)36(30)18-16-28(38)34-24-12-6-8-15-27(24)40-3/h5-15,17,19,29-30H,16,18H2,1-4H3,(H,34,38)(H,35,42)/t29-,30+/m1/s1. The SMILES string of the molecule is COC(=O)c1ccccc1-n1c(C)cc([C@H]2[C@@H](c3ccccn3)NC(=S)N2CCC(=O)Nc2ccccc2OC)c1C. The monoisotopic (exact) mass is 583 g/mol. The fourth-order valence-electron chi connectivity index (χ4n) is 5.58. The van der Waals surface area contributed by atoms with E-state index in [9.17, 15) is 9.59 Å². The molecule has 3 heterocycles. The molecule has 1 saturated heterocycles. The minimum absolute atomic E-state index is 0.153. The Bertz CT molecular complexity index is 1620. The van der Waals surface area contributed by atoms with Crippen molar-refractivity contribution in [2.75, 3.05) is 26.1 Å². The van der Waals surface area contributed by atoms with Crippen LogP contribution in [0.3, 0.4) is 0 Å². The van der Waals surface area contributed by atoms with E-state index in [2.05, 4.69) is 31.2 Å². The van der Waals surface area contributed by atoms with Crippen molar-refractivity contribution >= 4 is 34.9 Å². The molecule has 1 aliphatic rings. The van der Waals surface area contributed by atoms with Gasteiger partial charge in [-0.3, -0.25) is 9.78 Å². The molecule has 0 saturated carbocycles. The van der Waals surface area contributed by atoms with Crippen molar-refractivity contribution in [3.63, 3.8) is 0 Å². The molecule has 9 nitrogen and oxygen atoms in total. The number of esters is 1. The zero-order valence-electron chi connectivity index (χ0n) is 24.0. The summed E-state index contributed by atoms with van der Waals surface area (Å²) in [6.45, 7) is 4.41. The summed E-state index contributed by atoms with van der Waals surface area (Å²) < 4.78 is 12.5. The van der Waals surface area contributed by atoms with Crippen LogP contribution >= 0.6 is 12.2 Å². The van der Waals surface area contributed by atoms with Crippen LogP contribution in [-0.2, 0) is 9.53 Å². The first-order chi connectivity index (χ1) is 20.3. The van der Waals surface area contributed by atoms with Crippen LogP contribution in [0.25, 0.3) is 5.69 Å². The largest absolute Gasteiger partial charge is 0.495 e. The highest BCUT2D eigenvalue weighted by molar-refractivity contribution is 7.80. The fraction of sp³-hybridized carbons (Fsp3) is 0.250. The number of methoxy groups -OCH3 is 2.